The van der Waals surface area contributed by atoms with Crippen molar-refractivity contribution in [3.63, 3.8) is 0 Å². The quantitative estimate of drug-likeness (QED) is 0.362. The SMILES string of the molecule is CCOC(=O)c1cc([N+](=O)[O-])cc(CCl)c1C#N. The summed E-state index contributed by atoms with van der Waals surface area (Å²) in [6, 6.07) is 4.01. The molecule has 0 saturated heterocycles. The normalized spacial score (nSPS) is 9.61. The van der Waals surface area contributed by atoms with Crippen molar-refractivity contribution in [2.24, 2.45) is 0 Å². The number of esters is 1. The van der Waals surface area contributed by atoms with Gasteiger partial charge in [0.2, 0.25) is 0 Å². The molecule has 0 spiro atoms. The molecule has 18 heavy (non-hydrogen) atoms. The third-order valence-corrected chi connectivity index (χ3v) is 2.45. The Labute approximate surface area is 108 Å². The molecule has 6 nitrogen and oxygen atoms in total. The lowest BCUT2D eigenvalue weighted by molar-refractivity contribution is -0.384. The van der Waals surface area contributed by atoms with Crippen molar-refractivity contribution in [2.45, 2.75) is 12.8 Å². The molecule has 1 aromatic carbocycles. The van der Waals surface area contributed by atoms with Crippen LogP contribution in [0.15, 0.2) is 12.1 Å². The van der Waals surface area contributed by atoms with E-state index in [0.29, 0.717) is 0 Å². The number of carbonyl (C=O) groups is 1. The summed E-state index contributed by atoms with van der Waals surface area (Å²) >= 11 is 5.62. The molecule has 1 aromatic rings. The number of hydrogen-bond acceptors (Lipinski definition) is 5. The van der Waals surface area contributed by atoms with E-state index in [2.05, 4.69) is 0 Å². The second-order valence-electron chi connectivity index (χ2n) is 3.25. The van der Waals surface area contributed by atoms with Crippen molar-refractivity contribution in [3.05, 3.63) is 38.9 Å². The fourth-order valence-corrected chi connectivity index (χ4v) is 1.61. The fourth-order valence-electron chi connectivity index (χ4n) is 1.40. The number of ether oxygens (including phenoxy) is 1. The zero-order chi connectivity index (χ0) is 13.7. The Bertz CT molecular complexity index is 537. The smallest absolute Gasteiger partial charge is 0.339 e. The number of nitro groups is 1. The summed E-state index contributed by atoms with van der Waals surface area (Å²) in [5.41, 5.74) is -0.192. The summed E-state index contributed by atoms with van der Waals surface area (Å²) < 4.78 is 4.75. The Kier molecular flexibility index (Phi) is 4.63. The van der Waals surface area contributed by atoms with Crippen molar-refractivity contribution in [1.82, 2.24) is 0 Å². The van der Waals surface area contributed by atoms with E-state index in [9.17, 15) is 14.9 Å². The Morgan fingerprint density at radius 1 is 1.61 bits per heavy atom. The molecule has 0 heterocycles. The maximum atomic E-state index is 11.6. The van der Waals surface area contributed by atoms with Gasteiger partial charge in [-0.15, -0.1) is 11.6 Å². The molecule has 7 heteroatoms. The average molecular weight is 269 g/mol. The van der Waals surface area contributed by atoms with Gasteiger partial charge in [-0.05, 0) is 12.5 Å². The maximum absolute atomic E-state index is 11.6. The van der Waals surface area contributed by atoms with Crippen LogP contribution in [0.4, 0.5) is 5.69 Å². The molecule has 0 unspecified atom stereocenters. The number of rotatable bonds is 4. The average Bonchev–Trinajstić information content (AvgIpc) is 2.37. The van der Waals surface area contributed by atoms with Crippen molar-refractivity contribution < 1.29 is 14.5 Å². The lowest BCUT2D eigenvalue weighted by Gasteiger charge is -2.07. The predicted octanol–water partition coefficient (Wildman–Crippen LogP) is 2.38. The van der Waals surface area contributed by atoms with E-state index in [4.69, 9.17) is 21.6 Å². The first-order valence-corrected chi connectivity index (χ1v) is 5.53. The number of carbonyl (C=O) groups excluding carboxylic acids is 1. The second-order valence-corrected chi connectivity index (χ2v) is 3.52. The van der Waals surface area contributed by atoms with E-state index in [1.54, 1.807) is 6.92 Å². The minimum atomic E-state index is -0.774. The van der Waals surface area contributed by atoms with Gasteiger partial charge in [0.1, 0.15) is 6.07 Å². The number of nitro benzene ring substituents is 1. The van der Waals surface area contributed by atoms with E-state index < -0.39 is 10.9 Å². The van der Waals surface area contributed by atoms with Crippen LogP contribution in [0.3, 0.4) is 0 Å². The second kappa shape index (κ2) is 5.98. The van der Waals surface area contributed by atoms with E-state index >= 15 is 0 Å². The molecule has 0 radical (unpaired) electrons. The number of non-ortho nitro benzene ring substituents is 1. The van der Waals surface area contributed by atoms with Crippen LogP contribution in [0.1, 0.15) is 28.4 Å². The summed E-state index contributed by atoms with van der Waals surface area (Å²) in [4.78, 5) is 21.7. The van der Waals surface area contributed by atoms with Gasteiger partial charge in [-0.25, -0.2) is 4.79 Å². The molecule has 94 valence electrons. The molecule has 1 rings (SSSR count). The summed E-state index contributed by atoms with van der Waals surface area (Å²) in [5, 5.41) is 19.7. The van der Waals surface area contributed by atoms with Gasteiger partial charge in [-0.2, -0.15) is 5.26 Å². The van der Waals surface area contributed by atoms with Gasteiger partial charge in [0.15, 0.2) is 0 Å². The van der Waals surface area contributed by atoms with Crippen LogP contribution in [-0.4, -0.2) is 17.5 Å². The molecule has 0 atom stereocenters. The highest BCUT2D eigenvalue weighted by atomic mass is 35.5. The highest BCUT2D eigenvalue weighted by Crippen LogP contribution is 2.24. The van der Waals surface area contributed by atoms with Crippen LogP contribution in [-0.2, 0) is 10.6 Å². The fraction of sp³-hybridized carbons (Fsp3) is 0.273. The van der Waals surface area contributed by atoms with Crippen molar-refractivity contribution in [1.29, 1.82) is 5.26 Å². The van der Waals surface area contributed by atoms with E-state index in [-0.39, 0.29) is 34.9 Å². The Morgan fingerprint density at radius 2 is 2.28 bits per heavy atom. The number of halogens is 1. The van der Waals surface area contributed by atoms with Crippen LogP contribution in [0.2, 0.25) is 0 Å². The molecule has 0 amide bonds. The molecule has 0 N–H and O–H groups in total. The van der Waals surface area contributed by atoms with Gasteiger partial charge in [0.25, 0.3) is 5.69 Å². The highest BCUT2D eigenvalue weighted by Gasteiger charge is 2.21. The first-order chi connectivity index (χ1) is 8.54. The molecule has 0 bridgehead atoms. The number of benzene rings is 1. The number of nitrogens with zero attached hydrogens (tertiary/aromatic N) is 2. The maximum Gasteiger partial charge on any atom is 0.339 e. The molecular formula is C11H9ClN2O4. The standard InChI is InChI=1S/C11H9ClN2O4/c1-2-18-11(15)9-4-8(14(16)17)3-7(5-12)10(9)6-13/h3-4H,2,5H2,1H3. The summed E-state index contributed by atoms with van der Waals surface area (Å²) in [6.07, 6.45) is 0. The summed E-state index contributed by atoms with van der Waals surface area (Å²) in [5.74, 6) is -0.874. The molecule has 0 aromatic heterocycles. The van der Waals surface area contributed by atoms with Gasteiger partial charge in [-0.1, -0.05) is 0 Å². The third-order valence-electron chi connectivity index (χ3n) is 2.17. The van der Waals surface area contributed by atoms with Crippen LogP contribution in [0, 0.1) is 21.4 Å². The monoisotopic (exact) mass is 268 g/mol. The predicted molar refractivity (Wildman–Crippen MR) is 63.3 cm³/mol. The first-order valence-electron chi connectivity index (χ1n) is 4.99. The lowest BCUT2D eigenvalue weighted by Crippen LogP contribution is -2.09. The number of alkyl halides is 1. The number of nitriles is 1. The highest BCUT2D eigenvalue weighted by molar-refractivity contribution is 6.17. The van der Waals surface area contributed by atoms with Crippen LogP contribution >= 0.6 is 11.6 Å². The molecule has 0 fully saturated rings. The van der Waals surface area contributed by atoms with Gasteiger partial charge < -0.3 is 4.74 Å². The summed E-state index contributed by atoms with van der Waals surface area (Å²) in [7, 11) is 0. The zero-order valence-corrected chi connectivity index (χ0v) is 10.2. The van der Waals surface area contributed by atoms with Crippen molar-refractivity contribution in [2.75, 3.05) is 6.61 Å². The van der Waals surface area contributed by atoms with Crippen LogP contribution in [0.25, 0.3) is 0 Å². The van der Waals surface area contributed by atoms with Crippen molar-refractivity contribution >= 4 is 23.3 Å². The lowest BCUT2D eigenvalue weighted by atomic mass is 10.0. The molecule has 0 aliphatic heterocycles. The number of hydrogen-bond donors (Lipinski definition) is 0. The van der Waals surface area contributed by atoms with E-state index in [0.717, 1.165) is 6.07 Å². The van der Waals surface area contributed by atoms with Gasteiger partial charge in [0, 0.05) is 18.0 Å². The van der Waals surface area contributed by atoms with Crippen LogP contribution in [0.5, 0.6) is 0 Å². The molecule has 0 saturated carbocycles. The minimum absolute atomic E-state index is 0.00838. The minimum Gasteiger partial charge on any atom is -0.462 e. The largest absolute Gasteiger partial charge is 0.462 e. The van der Waals surface area contributed by atoms with Gasteiger partial charge in [-0.3, -0.25) is 10.1 Å². The Hall–Kier alpha value is -2.13. The topological polar surface area (TPSA) is 93.2 Å². The first kappa shape index (κ1) is 13.9. The van der Waals surface area contributed by atoms with Gasteiger partial charge >= 0.3 is 5.97 Å². The summed E-state index contributed by atoms with van der Waals surface area (Å²) in [6.45, 7) is 1.71. The Balaban J connectivity index is 3.46. The van der Waals surface area contributed by atoms with Crippen LogP contribution < -0.4 is 0 Å². The van der Waals surface area contributed by atoms with E-state index in [1.807, 2.05) is 6.07 Å². The molecule has 0 aliphatic carbocycles. The van der Waals surface area contributed by atoms with Gasteiger partial charge in [0.05, 0.1) is 22.7 Å². The van der Waals surface area contributed by atoms with E-state index in [1.165, 1.54) is 6.07 Å². The molecule has 0 aliphatic rings. The molecular weight excluding hydrogens is 260 g/mol. The zero-order valence-electron chi connectivity index (χ0n) is 9.47. The van der Waals surface area contributed by atoms with Crippen molar-refractivity contribution in [3.8, 4) is 6.07 Å². The third kappa shape index (κ3) is 2.76. The Morgan fingerprint density at radius 3 is 2.72 bits per heavy atom.